The van der Waals surface area contributed by atoms with Gasteiger partial charge in [0.15, 0.2) is 15.4 Å². The molecule has 3 aromatic rings. The van der Waals surface area contributed by atoms with E-state index in [4.69, 9.17) is 20.9 Å². The van der Waals surface area contributed by atoms with Gasteiger partial charge in [-0.1, -0.05) is 31.5 Å². The molecule has 0 aliphatic carbocycles. The molecule has 9 heteroatoms. The summed E-state index contributed by atoms with van der Waals surface area (Å²) in [7, 11) is -2.73. The van der Waals surface area contributed by atoms with Gasteiger partial charge in [0.25, 0.3) is 5.91 Å². The number of aryl methyl sites for hydroxylation is 1. The molecule has 33 heavy (non-hydrogen) atoms. The van der Waals surface area contributed by atoms with Crippen LogP contribution in [0.4, 0.5) is 5.82 Å². The molecule has 1 amide bonds. The second kappa shape index (κ2) is 7.71. The third-order valence-corrected chi connectivity index (χ3v) is 8.76. The van der Waals surface area contributed by atoms with Gasteiger partial charge in [-0.3, -0.25) is 4.79 Å². The van der Waals surface area contributed by atoms with Gasteiger partial charge in [0, 0.05) is 16.4 Å². The van der Waals surface area contributed by atoms with Gasteiger partial charge in [0.05, 0.1) is 24.1 Å². The Hall–Kier alpha value is -3.17. The van der Waals surface area contributed by atoms with Gasteiger partial charge in [-0.05, 0) is 43.3 Å². The Kier molecular flexibility index (Phi) is 5.37. The number of methoxy groups -OCH3 is 1. The molecule has 2 heterocycles. The van der Waals surface area contributed by atoms with Crippen LogP contribution in [0.25, 0.3) is 10.9 Å². The van der Waals surface area contributed by atoms with Crippen LogP contribution in [0, 0.1) is 12.3 Å². The third-order valence-electron chi connectivity index (χ3n) is 6.20. The third kappa shape index (κ3) is 3.43. The lowest BCUT2D eigenvalue weighted by atomic mass is 9.78. The van der Waals surface area contributed by atoms with Crippen LogP contribution in [0.1, 0.15) is 25.0 Å². The van der Waals surface area contributed by atoms with E-state index in [-0.39, 0.29) is 17.3 Å². The second-order valence-electron chi connectivity index (χ2n) is 9.06. The van der Waals surface area contributed by atoms with Gasteiger partial charge in [0.1, 0.15) is 16.8 Å². The van der Waals surface area contributed by atoms with E-state index in [1.807, 2.05) is 6.92 Å². The van der Waals surface area contributed by atoms with Gasteiger partial charge in [-0.2, -0.15) is 0 Å². The Bertz CT molecular complexity index is 1370. The van der Waals surface area contributed by atoms with Crippen molar-refractivity contribution >= 4 is 32.5 Å². The molecule has 2 atom stereocenters. The van der Waals surface area contributed by atoms with E-state index in [9.17, 15) is 13.2 Å². The number of rotatable bonds is 5. The first-order chi connectivity index (χ1) is 15.4. The number of aromatic nitrogens is 1. The predicted octanol–water partition coefficient (Wildman–Crippen LogP) is 2.71. The number of sulfone groups is 1. The second-order valence-corrected chi connectivity index (χ2v) is 11.1. The van der Waals surface area contributed by atoms with Crippen molar-refractivity contribution in [1.82, 2.24) is 4.98 Å². The number of ether oxygens (including phenoxy) is 2. The molecule has 4 N–H and O–H groups in total. The summed E-state index contributed by atoms with van der Waals surface area (Å²) in [6, 6.07) is 13.1. The van der Waals surface area contributed by atoms with Crippen molar-refractivity contribution < 1.29 is 22.7 Å². The molecule has 174 valence electrons. The lowest BCUT2D eigenvalue weighted by molar-refractivity contribution is -0.138. The molecule has 0 spiro atoms. The molecule has 1 aliphatic rings. The first kappa shape index (κ1) is 23.0. The Balaban J connectivity index is 2.06. The number of nitrogens with zero attached hydrogens (tertiary/aromatic N) is 1. The van der Waals surface area contributed by atoms with Crippen LogP contribution in [-0.4, -0.2) is 38.3 Å². The van der Waals surface area contributed by atoms with Crippen LogP contribution in [-0.2, 0) is 25.0 Å². The first-order valence-corrected chi connectivity index (χ1v) is 12.0. The summed E-state index contributed by atoms with van der Waals surface area (Å²) in [6.45, 7) is 5.35. The molecule has 0 bridgehead atoms. The summed E-state index contributed by atoms with van der Waals surface area (Å²) < 4.78 is 40.3. The number of hydrogen-bond acceptors (Lipinski definition) is 7. The van der Waals surface area contributed by atoms with Crippen molar-refractivity contribution in [2.45, 2.75) is 36.5 Å². The van der Waals surface area contributed by atoms with E-state index in [0.717, 1.165) is 5.56 Å². The maximum absolute atomic E-state index is 14.3. The van der Waals surface area contributed by atoms with Crippen LogP contribution in [0.5, 0.6) is 5.75 Å². The number of hydrogen-bond donors (Lipinski definition) is 2. The molecule has 2 aromatic carbocycles. The average molecular weight is 470 g/mol. The highest BCUT2D eigenvalue weighted by Gasteiger charge is 2.65. The molecule has 1 saturated heterocycles. The van der Waals surface area contributed by atoms with Crippen LogP contribution >= 0.6 is 0 Å². The molecule has 1 aromatic heterocycles. The zero-order valence-electron chi connectivity index (χ0n) is 19.0. The number of anilines is 1. The normalized spacial score (nSPS) is 22.4. The van der Waals surface area contributed by atoms with E-state index in [2.05, 4.69) is 4.98 Å². The lowest BCUT2D eigenvalue weighted by Gasteiger charge is -2.36. The maximum atomic E-state index is 14.3. The van der Waals surface area contributed by atoms with Crippen molar-refractivity contribution in [2.75, 3.05) is 19.5 Å². The number of pyridine rings is 1. The predicted molar refractivity (Wildman–Crippen MR) is 125 cm³/mol. The highest BCUT2D eigenvalue weighted by molar-refractivity contribution is 7.92. The maximum Gasteiger partial charge on any atom is 0.255 e. The van der Waals surface area contributed by atoms with Crippen molar-refractivity contribution in [3.05, 3.63) is 59.7 Å². The Labute approximate surface area is 192 Å². The van der Waals surface area contributed by atoms with E-state index in [0.29, 0.717) is 22.2 Å². The minimum absolute atomic E-state index is 0.00684. The number of amides is 1. The van der Waals surface area contributed by atoms with E-state index in [1.165, 1.54) is 13.2 Å². The van der Waals surface area contributed by atoms with Gasteiger partial charge in [-0.15, -0.1) is 0 Å². The summed E-state index contributed by atoms with van der Waals surface area (Å²) in [6.07, 6.45) is 0. The Morgan fingerprint density at radius 1 is 1.18 bits per heavy atom. The summed E-state index contributed by atoms with van der Waals surface area (Å²) in [5.41, 5.74) is 10.4. The lowest BCUT2D eigenvalue weighted by Crippen LogP contribution is -2.54. The molecule has 8 nitrogen and oxygen atoms in total. The molecule has 2 unspecified atom stereocenters. The first-order valence-electron chi connectivity index (χ1n) is 10.4. The van der Waals surface area contributed by atoms with Crippen molar-refractivity contribution in [1.29, 1.82) is 0 Å². The molecular formula is C24H27N3O5S. The largest absolute Gasteiger partial charge is 0.496 e. The molecule has 0 saturated carbocycles. The van der Waals surface area contributed by atoms with E-state index >= 15 is 0 Å². The Morgan fingerprint density at radius 3 is 2.58 bits per heavy atom. The zero-order chi connectivity index (χ0) is 24.2. The zero-order valence-corrected chi connectivity index (χ0v) is 19.8. The fourth-order valence-electron chi connectivity index (χ4n) is 4.82. The van der Waals surface area contributed by atoms with E-state index in [1.54, 1.807) is 56.3 Å². The number of carbonyl (C=O) groups is 1. The quantitative estimate of drug-likeness (QED) is 0.586. The monoisotopic (exact) mass is 469 g/mol. The summed E-state index contributed by atoms with van der Waals surface area (Å²) in [5.74, 6) is -0.296. The number of primary amides is 1. The molecular weight excluding hydrogens is 442 g/mol. The number of benzene rings is 2. The van der Waals surface area contributed by atoms with Gasteiger partial charge >= 0.3 is 0 Å². The minimum atomic E-state index is -4.19. The summed E-state index contributed by atoms with van der Waals surface area (Å²) >= 11 is 0. The molecule has 0 radical (unpaired) electrons. The smallest absolute Gasteiger partial charge is 0.255 e. The van der Waals surface area contributed by atoms with Gasteiger partial charge < -0.3 is 20.9 Å². The SMILES string of the molecule is COc1ccc(C)cc1C1(C(N)=O)OCC(C)(C)C1S(=O)(=O)c1cccc2nc(N)ccc12. The van der Waals surface area contributed by atoms with Crippen molar-refractivity contribution in [3.63, 3.8) is 0 Å². The van der Waals surface area contributed by atoms with Crippen LogP contribution in [0.15, 0.2) is 53.4 Å². The van der Waals surface area contributed by atoms with Gasteiger partial charge in [-0.25, -0.2) is 13.4 Å². The number of nitrogens with two attached hydrogens (primary N) is 2. The standard InChI is InChI=1S/C24H27N3O5S/c1-14-8-10-18(31-4)16(12-14)24(22(26)28)21(23(2,3)13-32-24)33(29,30)19-7-5-6-17-15(19)9-11-20(25)27-17/h5-12,21H,13H2,1-4H3,(H2,25,27)(H2,26,28). The van der Waals surface area contributed by atoms with Crippen LogP contribution < -0.4 is 16.2 Å². The highest BCUT2D eigenvalue weighted by Crippen LogP contribution is 2.53. The number of nitrogen functional groups attached to an aromatic ring is 1. The fraction of sp³-hybridized carbons (Fsp3) is 0.333. The fourth-order valence-corrected chi connectivity index (χ4v) is 7.48. The average Bonchev–Trinajstić information content (AvgIpc) is 3.05. The number of carbonyl (C=O) groups excluding carboxylic acids is 1. The van der Waals surface area contributed by atoms with E-state index < -0.39 is 32.0 Å². The highest BCUT2D eigenvalue weighted by atomic mass is 32.2. The van der Waals surface area contributed by atoms with Crippen LogP contribution in [0.3, 0.4) is 0 Å². The summed E-state index contributed by atoms with van der Waals surface area (Å²) in [5, 5.41) is -0.919. The van der Waals surface area contributed by atoms with Crippen molar-refractivity contribution in [3.8, 4) is 5.75 Å². The van der Waals surface area contributed by atoms with Crippen LogP contribution in [0.2, 0.25) is 0 Å². The number of fused-ring (bicyclic) bond motifs is 1. The topological polar surface area (TPSA) is 135 Å². The minimum Gasteiger partial charge on any atom is -0.496 e. The van der Waals surface area contributed by atoms with Gasteiger partial charge in [0.2, 0.25) is 0 Å². The van der Waals surface area contributed by atoms with Crippen molar-refractivity contribution in [2.24, 2.45) is 11.1 Å². The Morgan fingerprint density at radius 2 is 1.91 bits per heavy atom. The summed E-state index contributed by atoms with van der Waals surface area (Å²) in [4.78, 5) is 17.4. The molecule has 4 rings (SSSR count). The molecule has 1 aliphatic heterocycles. The molecule has 1 fully saturated rings.